The highest BCUT2D eigenvalue weighted by atomic mass is 31.2. The van der Waals surface area contributed by atoms with E-state index in [1.807, 2.05) is 27.2 Å². The fourth-order valence-electron chi connectivity index (χ4n) is 11.1. The Morgan fingerprint density at radius 1 is 0.414 bits per heavy atom. The van der Waals surface area contributed by atoms with Crippen LogP contribution in [0.25, 0.3) is 0 Å². The molecule has 8 nitrogen and oxygen atoms in total. The summed E-state index contributed by atoms with van der Waals surface area (Å²) < 4.78 is 23.5. The van der Waals surface area contributed by atoms with Gasteiger partial charge >= 0.3 is 0 Å². The molecule has 0 heterocycles. The SMILES string of the molecule is CC/C=C\C/C=C\C/C=C\C/C=C\C/C=C\CCCCCCCCCCCCCCCCCCCC(=O)NC(COP(=O)([O-])OCC[N+](C)(C)C)C(O)/C=C/CC/C=C/CCCCCCCCCCCCCCCCCCCCCCCCCCCC. The molecule has 0 saturated carbocycles. The Bertz CT molecular complexity index is 1700. The van der Waals surface area contributed by atoms with Crippen molar-refractivity contribution in [1.82, 2.24) is 5.32 Å². The Labute approximate surface area is 541 Å². The van der Waals surface area contributed by atoms with E-state index in [-0.39, 0.29) is 12.5 Å². The number of nitrogens with zero attached hydrogens (tertiary/aromatic N) is 1. The first-order chi connectivity index (χ1) is 42.5. The molecule has 0 aliphatic heterocycles. The number of rotatable bonds is 69. The van der Waals surface area contributed by atoms with Crippen LogP contribution < -0.4 is 10.2 Å². The Kier molecular flexibility index (Phi) is 66.2. The summed E-state index contributed by atoms with van der Waals surface area (Å²) in [7, 11) is 1.25. The van der Waals surface area contributed by atoms with Gasteiger partial charge < -0.3 is 28.8 Å². The van der Waals surface area contributed by atoms with Gasteiger partial charge in [0.05, 0.1) is 39.9 Å². The molecule has 0 bridgehead atoms. The van der Waals surface area contributed by atoms with Crippen molar-refractivity contribution in [3.05, 3.63) is 85.1 Å². The summed E-state index contributed by atoms with van der Waals surface area (Å²) in [6, 6.07) is -0.909. The van der Waals surface area contributed by atoms with Gasteiger partial charge in [-0.2, -0.15) is 0 Å². The van der Waals surface area contributed by atoms with E-state index in [9.17, 15) is 19.4 Å². The van der Waals surface area contributed by atoms with E-state index in [0.717, 1.165) is 70.6 Å². The number of aliphatic hydroxyl groups excluding tert-OH is 1. The first-order valence-electron chi connectivity index (χ1n) is 37.4. The molecule has 0 aromatic rings. The van der Waals surface area contributed by atoms with Crippen LogP contribution in [-0.2, 0) is 18.4 Å². The standard InChI is InChI=1S/C78H145N2O6P/c1-6-8-10-12-14-16-18-20-22-24-26-28-30-32-34-36-38-40-42-44-46-48-50-52-54-56-58-60-62-64-66-68-70-72-78(82)79-76(75-86-87(83,84)85-74-73-80(3,4)5)77(81)71-69-67-65-63-61-59-57-55-53-51-49-47-45-43-41-39-37-35-33-31-29-27-25-23-21-19-17-15-13-11-9-7-2/h8,10,14,16,20,22,26,28,32,34,61,63,69,71,76-77,81H,6-7,9,11-13,15,17-19,21,23-25,27,29-31,33,35-60,62,64-68,70,72-75H2,1-5H3,(H-,79,82,83,84)/b10-8-,16-14-,22-20-,28-26-,34-32-,63-61+,71-69+. The third kappa shape index (κ3) is 71.0. The number of likely N-dealkylation sites (N-methyl/N-ethyl adjacent to an activating group) is 1. The molecule has 0 rings (SSSR count). The monoisotopic (exact) mass is 1240 g/mol. The summed E-state index contributed by atoms with van der Waals surface area (Å²) >= 11 is 0. The van der Waals surface area contributed by atoms with E-state index in [4.69, 9.17) is 9.05 Å². The molecule has 508 valence electrons. The van der Waals surface area contributed by atoms with E-state index in [1.54, 1.807) is 6.08 Å². The van der Waals surface area contributed by atoms with E-state index >= 15 is 0 Å². The van der Waals surface area contributed by atoms with Crippen molar-refractivity contribution >= 4 is 13.7 Å². The normalized spacial score (nSPS) is 14.1. The van der Waals surface area contributed by atoms with Gasteiger partial charge in [-0.05, 0) is 77.0 Å². The third-order valence-electron chi connectivity index (χ3n) is 16.8. The number of amides is 1. The number of carbonyl (C=O) groups is 1. The number of phosphoric ester groups is 1. The van der Waals surface area contributed by atoms with Gasteiger partial charge in [0.15, 0.2) is 0 Å². The number of nitrogens with one attached hydrogen (secondary N) is 1. The van der Waals surface area contributed by atoms with E-state index in [1.165, 1.54) is 263 Å². The number of phosphoric acid groups is 1. The van der Waals surface area contributed by atoms with Crippen LogP contribution in [0.4, 0.5) is 0 Å². The maximum Gasteiger partial charge on any atom is 0.268 e. The van der Waals surface area contributed by atoms with Crippen molar-refractivity contribution in [1.29, 1.82) is 0 Å². The summed E-state index contributed by atoms with van der Waals surface area (Å²) in [6.07, 6.45) is 97.3. The second-order valence-electron chi connectivity index (χ2n) is 26.6. The average molecular weight is 1240 g/mol. The number of hydrogen-bond donors (Lipinski definition) is 2. The molecule has 0 radical (unpaired) electrons. The Balaban J connectivity index is 4.05. The van der Waals surface area contributed by atoms with Gasteiger partial charge in [-0.3, -0.25) is 9.36 Å². The molecule has 87 heavy (non-hydrogen) atoms. The van der Waals surface area contributed by atoms with E-state index in [2.05, 4.69) is 92.1 Å². The second-order valence-corrected chi connectivity index (χ2v) is 28.0. The fraction of sp³-hybridized carbons (Fsp3) is 0.808. The zero-order valence-electron chi connectivity index (χ0n) is 58.2. The third-order valence-corrected chi connectivity index (χ3v) is 17.8. The van der Waals surface area contributed by atoms with Crippen LogP contribution >= 0.6 is 7.82 Å². The summed E-state index contributed by atoms with van der Waals surface area (Å²) in [5, 5.41) is 14.0. The lowest BCUT2D eigenvalue weighted by atomic mass is 10.0. The lowest BCUT2D eigenvalue weighted by molar-refractivity contribution is -0.870. The van der Waals surface area contributed by atoms with Crippen molar-refractivity contribution in [2.24, 2.45) is 0 Å². The van der Waals surface area contributed by atoms with Gasteiger partial charge in [0.1, 0.15) is 13.2 Å². The smallest absolute Gasteiger partial charge is 0.268 e. The Morgan fingerprint density at radius 3 is 1.07 bits per heavy atom. The van der Waals surface area contributed by atoms with Crippen molar-refractivity contribution in [3.63, 3.8) is 0 Å². The number of allylic oxidation sites excluding steroid dienone is 13. The molecule has 0 fully saturated rings. The van der Waals surface area contributed by atoms with Crippen LogP contribution in [0.2, 0.25) is 0 Å². The van der Waals surface area contributed by atoms with Gasteiger partial charge in [0.25, 0.3) is 7.82 Å². The van der Waals surface area contributed by atoms with Gasteiger partial charge in [-0.1, -0.05) is 356 Å². The van der Waals surface area contributed by atoms with E-state index in [0.29, 0.717) is 17.4 Å². The molecule has 0 spiro atoms. The van der Waals surface area contributed by atoms with Crippen molar-refractivity contribution in [2.75, 3.05) is 40.9 Å². The first-order valence-corrected chi connectivity index (χ1v) is 38.9. The minimum Gasteiger partial charge on any atom is -0.756 e. The lowest BCUT2D eigenvalue weighted by Gasteiger charge is -2.29. The molecule has 3 unspecified atom stereocenters. The predicted molar refractivity (Wildman–Crippen MR) is 380 cm³/mol. The van der Waals surface area contributed by atoms with Crippen LogP contribution in [0, 0.1) is 0 Å². The van der Waals surface area contributed by atoms with Crippen LogP contribution in [0.15, 0.2) is 85.1 Å². The average Bonchev–Trinajstić information content (AvgIpc) is 3.71. The van der Waals surface area contributed by atoms with Gasteiger partial charge in [-0.15, -0.1) is 0 Å². The van der Waals surface area contributed by atoms with E-state index < -0.39 is 26.6 Å². The maximum absolute atomic E-state index is 13.1. The van der Waals surface area contributed by atoms with Crippen molar-refractivity contribution in [3.8, 4) is 0 Å². The summed E-state index contributed by atoms with van der Waals surface area (Å²) in [5.41, 5.74) is 0. The molecule has 2 N–H and O–H groups in total. The molecule has 0 aliphatic carbocycles. The number of aliphatic hydroxyl groups is 1. The Morgan fingerprint density at radius 2 is 0.713 bits per heavy atom. The van der Waals surface area contributed by atoms with Gasteiger partial charge in [-0.25, -0.2) is 0 Å². The molecule has 0 aliphatic rings. The summed E-state index contributed by atoms with van der Waals surface area (Å²) in [4.78, 5) is 25.7. The van der Waals surface area contributed by atoms with Gasteiger partial charge in [0, 0.05) is 6.42 Å². The molecule has 0 saturated heterocycles. The Hall–Kier alpha value is -2.32. The number of quaternary nitrogens is 1. The van der Waals surface area contributed by atoms with Crippen molar-refractivity contribution < 1.29 is 32.9 Å². The van der Waals surface area contributed by atoms with Gasteiger partial charge in [0.2, 0.25) is 5.91 Å². The first kappa shape index (κ1) is 84.7. The second kappa shape index (κ2) is 68.1. The highest BCUT2D eigenvalue weighted by Gasteiger charge is 2.23. The molecular formula is C78H145N2O6P. The highest BCUT2D eigenvalue weighted by Crippen LogP contribution is 2.38. The fourth-order valence-corrected chi connectivity index (χ4v) is 11.8. The quantitative estimate of drug-likeness (QED) is 0.0272. The topological polar surface area (TPSA) is 108 Å². The predicted octanol–water partition coefficient (Wildman–Crippen LogP) is 23.6. The largest absolute Gasteiger partial charge is 0.756 e. The molecule has 1 amide bonds. The maximum atomic E-state index is 13.1. The number of unbranched alkanes of at least 4 members (excludes halogenated alkanes) is 44. The molecule has 0 aromatic carbocycles. The molecular weight excluding hydrogens is 1090 g/mol. The van der Waals surface area contributed by atoms with Crippen molar-refractivity contribution in [2.45, 2.75) is 366 Å². The number of hydrogen-bond acceptors (Lipinski definition) is 6. The van der Waals surface area contributed by atoms with Crippen LogP contribution in [-0.4, -0.2) is 68.5 Å². The van der Waals surface area contributed by atoms with Crippen LogP contribution in [0.1, 0.15) is 354 Å². The number of carbonyl (C=O) groups excluding carboxylic acids is 1. The molecule has 9 heteroatoms. The lowest BCUT2D eigenvalue weighted by Crippen LogP contribution is -2.45. The zero-order valence-corrected chi connectivity index (χ0v) is 59.1. The zero-order chi connectivity index (χ0) is 63.4. The minimum atomic E-state index is -4.62. The van der Waals surface area contributed by atoms with Crippen LogP contribution in [0.3, 0.4) is 0 Å². The molecule has 0 aromatic heterocycles. The minimum absolute atomic E-state index is 0.00767. The summed E-state index contributed by atoms with van der Waals surface area (Å²) in [6.45, 7) is 4.56. The van der Waals surface area contributed by atoms with Crippen LogP contribution in [0.5, 0.6) is 0 Å². The highest BCUT2D eigenvalue weighted by molar-refractivity contribution is 7.45. The molecule has 3 atom stereocenters. The summed E-state index contributed by atoms with van der Waals surface area (Å²) in [5.74, 6) is -0.204.